The largest absolute Gasteiger partial charge is 0.309 e. The minimum atomic E-state index is -2.87. The Labute approximate surface area is 113 Å². The Kier molecular flexibility index (Phi) is 4.30. The summed E-state index contributed by atoms with van der Waals surface area (Å²) in [5.74, 6) is 0.224. The van der Waals surface area contributed by atoms with Gasteiger partial charge >= 0.3 is 0 Å². The lowest BCUT2D eigenvalue weighted by Crippen LogP contribution is -2.27. The summed E-state index contributed by atoms with van der Waals surface area (Å²) in [6.45, 7) is 0.676. The van der Waals surface area contributed by atoms with Crippen molar-refractivity contribution in [3.63, 3.8) is 0 Å². The summed E-state index contributed by atoms with van der Waals surface area (Å²) < 4.78 is 22.1. The number of nitrogens with one attached hydrogen (secondary N) is 1. The molecule has 2 atom stereocenters. The first-order valence-corrected chi connectivity index (χ1v) is 8.60. The highest BCUT2D eigenvalue weighted by Crippen LogP contribution is 2.34. The van der Waals surface area contributed by atoms with E-state index in [0.717, 1.165) is 6.42 Å². The van der Waals surface area contributed by atoms with Crippen molar-refractivity contribution in [3.8, 4) is 0 Å². The molecule has 1 aliphatic rings. The molecule has 2 rings (SSSR count). The minimum absolute atomic E-state index is 0.0561. The van der Waals surface area contributed by atoms with Crippen LogP contribution in [0.2, 0.25) is 0 Å². The van der Waals surface area contributed by atoms with Gasteiger partial charge in [-0.25, -0.2) is 8.42 Å². The van der Waals surface area contributed by atoms with Crippen LogP contribution in [-0.4, -0.2) is 32.3 Å². The van der Waals surface area contributed by atoms with Crippen molar-refractivity contribution in [2.24, 2.45) is 0 Å². The Balaban J connectivity index is 1.90. The quantitative estimate of drug-likeness (QED) is 0.665. The van der Waals surface area contributed by atoms with Crippen LogP contribution in [0.3, 0.4) is 0 Å². The molecule has 0 saturated heterocycles. The van der Waals surface area contributed by atoms with Crippen LogP contribution in [-0.2, 0) is 16.3 Å². The van der Waals surface area contributed by atoms with Crippen LogP contribution in [0.1, 0.15) is 23.6 Å². The molecule has 5 heteroatoms. The molecule has 0 heterocycles. The first-order chi connectivity index (χ1) is 8.47. The molecule has 100 valence electrons. The molecule has 1 aromatic carbocycles. The highest BCUT2D eigenvalue weighted by atomic mass is 35.5. The molecule has 1 aromatic rings. The summed E-state index contributed by atoms with van der Waals surface area (Å²) in [5.41, 5.74) is 2.54. The van der Waals surface area contributed by atoms with Crippen molar-refractivity contribution in [2.45, 2.75) is 24.3 Å². The van der Waals surface area contributed by atoms with E-state index in [1.165, 1.54) is 17.4 Å². The fourth-order valence-corrected chi connectivity index (χ4v) is 3.44. The van der Waals surface area contributed by atoms with Crippen LogP contribution in [0.5, 0.6) is 0 Å². The number of fused-ring (bicyclic) bond motifs is 1. The fraction of sp³-hybridized carbons (Fsp3) is 0.538. The lowest BCUT2D eigenvalue weighted by atomic mass is 10.1. The molecule has 0 saturated carbocycles. The molecule has 1 aliphatic carbocycles. The van der Waals surface area contributed by atoms with E-state index in [4.69, 9.17) is 11.6 Å². The van der Waals surface area contributed by atoms with Crippen molar-refractivity contribution < 1.29 is 8.42 Å². The summed E-state index contributed by atoms with van der Waals surface area (Å²) in [6, 6.07) is 8.37. The standard InChI is InChI=1S/C13H18ClNO2S/c1-18(16,17)8-4-7-15-13-11-6-3-2-5-10(11)9-12(13)14/h2-3,5-6,12-13,15H,4,7-9H2,1H3. The van der Waals surface area contributed by atoms with Crippen LogP contribution >= 0.6 is 11.6 Å². The first kappa shape index (κ1) is 13.8. The number of sulfone groups is 1. The fourth-order valence-electron chi connectivity index (χ4n) is 2.38. The van der Waals surface area contributed by atoms with Gasteiger partial charge < -0.3 is 5.32 Å². The van der Waals surface area contributed by atoms with Crippen LogP contribution < -0.4 is 5.32 Å². The maximum Gasteiger partial charge on any atom is 0.147 e. The van der Waals surface area contributed by atoms with E-state index < -0.39 is 9.84 Å². The molecule has 1 N–H and O–H groups in total. The Morgan fingerprint density at radius 3 is 2.83 bits per heavy atom. The molecule has 0 bridgehead atoms. The predicted molar refractivity (Wildman–Crippen MR) is 74.9 cm³/mol. The van der Waals surface area contributed by atoms with Gasteiger partial charge in [-0.15, -0.1) is 11.6 Å². The molecule has 0 spiro atoms. The Bertz CT molecular complexity index is 515. The summed E-state index contributed by atoms with van der Waals surface area (Å²) >= 11 is 6.33. The van der Waals surface area contributed by atoms with Crippen molar-refractivity contribution in [1.82, 2.24) is 5.32 Å². The van der Waals surface area contributed by atoms with E-state index in [-0.39, 0.29) is 17.2 Å². The molecule has 2 unspecified atom stereocenters. The molecule has 18 heavy (non-hydrogen) atoms. The number of benzene rings is 1. The third-order valence-corrected chi connectivity index (χ3v) is 4.66. The van der Waals surface area contributed by atoms with Gasteiger partial charge in [0.1, 0.15) is 9.84 Å². The lowest BCUT2D eigenvalue weighted by molar-refractivity contribution is 0.531. The third kappa shape index (κ3) is 3.46. The maximum absolute atomic E-state index is 11.0. The average Bonchev–Trinajstić information content (AvgIpc) is 2.59. The van der Waals surface area contributed by atoms with E-state index in [9.17, 15) is 8.42 Å². The number of rotatable bonds is 5. The van der Waals surface area contributed by atoms with Gasteiger partial charge in [0.15, 0.2) is 0 Å². The number of halogens is 1. The molecule has 0 aromatic heterocycles. The number of hydrogen-bond acceptors (Lipinski definition) is 3. The van der Waals surface area contributed by atoms with Crippen LogP contribution in [0.25, 0.3) is 0 Å². The zero-order valence-electron chi connectivity index (χ0n) is 10.4. The molecule has 0 radical (unpaired) electrons. The second-order valence-corrected chi connectivity index (χ2v) is 7.65. The molecule has 0 amide bonds. The monoisotopic (exact) mass is 287 g/mol. The average molecular weight is 288 g/mol. The third-order valence-electron chi connectivity index (χ3n) is 3.22. The van der Waals surface area contributed by atoms with E-state index in [1.54, 1.807) is 0 Å². The van der Waals surface area contributed by atoms with Crippen molar-refractivity contribution in [3.05, 3.63) is 35.4 Å². The van der Waals surface area contributed by atoms with Gasteiger partial charge in [-0.05, 0) is 30.5 Å². The van der Waals surface area contributed by atoms with Crippen LogP contribution in [0.15, 0.2) is 24.3 Å². The Morgan fingerprint density at radius 1 is 1.39 bits per heavy atom. The van der Waals surface area contributed by atoms with E-state index in [0.29, 0.717) is 13.0 Å². The summed E-state index contributed by atoms with van der Waals surface area (Å²) in [5, 5.41) is 3.42. The SMILES string of the molecule is CS(=O)(=O)CCCNC1c2ccccc2CC1Cl. The molecule has 0 fully saturated rings. The van der Waals surface area contributed by atoms with Gasteiger partial charge in [0.2, 0.25) is 0 Å². The summed E-state index contributed by atoms with van der Waals surface area (Å²) in [6.07, 6.45) is 2.77. The lowest BCUT2D eigenvalue weighted by Gasteiger charge is -2.17. The van der Waals surface area contributed by atoms with Gasteiger partial charge in [-0.3, -0.25) is 0 Å². The van der Waals surface area contributed by atoms with E-state index >= 15 is 0 Å². The van der Waals surface area contributed by atoms with Gasteiger partial charge in [0.05, 0.1) is 11.1 Å². The molecule has 3 nitrogen and oxygen atoms in total. The Hall–Kier alpha value is -0.580. The first-order valence-electron chi connectivity index (χ1n) is 6.10. The number of alkyl halides is 1. The van der Waals surface area contributed by atoms with E-state index in [2.05, 4.69) is 17.4 Å². The molecular weight excluding hydrogens is 270 g/mol. The minimum Gasteiger partial charge on any atom is -0.309 e. The summed E-state index contributed by atoms with van der Waals surface area (Å²) in [7, 11) is -2.87. The van der Waals surface area contributed by atoms with Crippen molar-refractivity contribution in [1.29, 1.82) is 0 Å². The Morgan fingerprint density at radius 2 is 2.11 bits per heavy atom. The van der Waals surface area contributed by atoms with Gasteiger partial charge in [0.25, 0.3) is 0 Å². The van der Waals surface area contributed by atoms with Crippen molar-refractivity contribution in [2.75, 3.05) is 18.6 Å². The van der Waals surface area contributed by atoms with E-state index in [1.807, 2.05) is 12.1 Å². The molecular formula is C13H18ClNO2S. The summed E-state index contributed by atoms with van der Waals surface area (Å²) in [4.78, 5) is 0. The smallest absolute Gasteiger partial charge is 0.147 e. The van der Waals surface area contributed by atoms with Gasteiger partial charge in [-0.1, -0.05) is 24.3 Å². The van der Waals surface area contributed by atoms with Crippen LogP contribution in [0, 0.1) is 0 Å². The molecule has 0 aliphatic heterocycles. The highest BCUT2D eigenvalue weighted by molar-refractivity contribution is 7.90. The van der Waals surface area contributed by atoms with Crippen LogP contribution in [0.4, 0.5) is 0 Å². The van der Waals surface area contributed by atoms with Gasteiger partial charge in [-0.2, -0.15) is 0 Å². The van der Waals surface area contributed by atoms with Gasteiger partial charge in [0, 0.05) is 12.3 Å². The van der Waals surface area contributed by atoms with Crippen molar-refractivity contribution >= 4 is 21.4 Å². The second-order valence-electron chi connectivity index (χ2n) is 4.83. The predicted octanol–water partition coefficient (Wildman–Crippen LogP) is 1.92. The maximum atomic E-state index is 11.0. The topological polar surface area (TPSA) is 46.2 Å². The second kappa shape index (κ2) is 5.59. The zero-order valence-corrected chi connectivity index (χ0v) is 12.0. The zero-order chi connectivity index (χ0) is 13.2. The normalized spacial score (nSPS) is 23.0. The number of hydrogen-bond donors (Lipinski definition) is 1. The highest BCUT2D eigenvalue weighted by Gasteiger charge is 2.29.